The van der Waals surface area contributed by atoms with E-state index in [1.807, 2.05) is 0 Å². The molecule has 0 radical (unpaired) electrons. The van der Waals surface area contributed by atoms with Gasteiger partial charge >= 0.3 is 0 Å². The van der Waals surface area contributed by atoms with Crippen LogP contribution >= 0.6 is 0 Å². The molecule has 32 heavy (non-hydrogen) atoms. The van der Waals surface area contributed by atoms with Gasteiger partial charge in [0.15, 0.2) is 0 Å². The highest BCUT2D eigenvalue weighted by molar-refractivity contribution is 4.53. The number of hydrogen-bond donors (Lipinski definition) is 0. The van der Waals surface area contributed by atoms with Crippen LogP contribution in [0.15, 0.2) is 0 Å². The first kappa shape index (κ1) is 34.9. The number of nitrogens with zero attached hydrogens (tertiary/aromatic N) is 1. The second kappa shape index (κ2) is 27.9. The average Bonchev–Trinajstić information content (AvgIpc) is 2.77. The van der Waals surface area contributed by atoms with Crippen molar-refractivity contribution < 1.29 is 28.5 Å². The van der Waals surface area contributed by atoms with Gasteiger partial charge in [-0.2, -0.15) is 0 Å². The summed E-state index contributed by atoms with van der Waals surface area (Å²) in [7, 11) is 0. The van der Waals surface area contributed by atoms with E-state index in [2.05, 4.69) is 27.7 Å². The molecule has 0 aromatic rings. The lowest BCUT2D eigenvalue weighted by Crippen LogP contribution is -3.00. The predicted octanol–water partition coefficient (Wildman–Crippen LogP) is 7.47. The Morgan fingerprint density at radius 3 is 0.781 bits per heavy atom. The van der Waals surface area contributed by atoms with Crippen LogP contribution in [-0.4, -0.2) is 30.7 Å². The van der Waals surface area contributed by atoms with Crippen molar-refractivity contribution in [2.45, 2.75) is 169 Å². The summed E-state index contributed by atoms with van der Waals surface area (Å²) in [6.45, 7) is 15.2. The molecule has 0 heterocycles. The van der Waals surface area contributed by atoms with Crippen LogP contribution in [0.4, 0.5) is 0 Å². The lowest BCUT2D eigenvalue weighted by Gasteiger charge is -2.39. The van der Waals surface area contributed by atoms with E-state index in [1.165, 1.54) is 172 Å². The first-order chi connectivity index (χ1) is 15.2. The molecule has 0 aromatic heterocycles. The predicted molar refractivity (Wildman–Crippen MR) is 144 cm³/mol. The molecule has 0 bridgehead atoms. The molecule has 1 nitrogen and oxygen atoms in total. The Balaban J connectivity index is 0. The summed E-state index contributed by atoms with van der Waals surface area (Å²) in [6, 6.07) is 0. The lowest BCUT2D eigenvalue weighted by atomic mass is 10.0. The largest absolute Gasteiger partial charge is 1.00 e. The highest BCUT2D eigenvalue weighted by atomic mass is 127. The number of unbranched alkanes of at least 4 members (excludes halogenated alkanes) is 18. The average molecular weight is 566 g/mol. The molecule has 0 unspecified atom stereocenters. The first-order valence-electron chi connectivity index (χ1n) is 15.1. The molecule has 0 aromatic carbocycles. The Morgan fingerprint density at radius 2 is 0.531 bits per heavy atom. The van der Waals surface area contributed by atoms with Crippen molar-refractivity contribution in [3.05, 3.63) is 0 Å². The second-order valence-corrected chi connectivity index (χ2v) is 10.6. The molecule has 0 N–H and O–H groups in total. The fourth-order valence-electron chi connectivity index (χ4n) is 5.49. The Morgan fingerprint density at radius 1 is 0.281 bits per heavy atom. The van der Waals surface area contributed by atoms with Crippen molar-refractivity contribution in [2.24, 2.45) is 0 Å². The van der Waals surface area contributed by atoms with E-state index < -0.39 is 0 Å². The standard InChI is InChI=1S/C30H64N.HI/c1-5-9-11-13-15-17-19-21-23-25-29-31(27-7-3,28-8-4)30-26-24-22-20-18-16-14-12-10-6-2;/h5-30H2,1-4H3;1H/q+1;/p-1. The van der Waals surface area contributed by atoms with Gasteiger partial charge in [-0.05, 0) is 38.5 Å². The molecule has 0 aliphatic rings. The minimum Gasteiger partial charge on any atom is -1.00 e. The van der Waals surface area contributed by atoms with Crippen molar-refractivity contribution >= 4 is 0 Å². The van der Waals surface area contributed by atoms with Crippen molar-refractivity contribution in [1.82, 2.24) is 0 Å². The molecular formula is C30H64IN. The maximum Gasteiger partial charge on any atom is 0.0786 e. The van der Waals surface area contributed by atoms with E-state index in [-0.39, 0.29) is 24.0 Å². The van der Waals surface area contributed by atoms with Crippen LogP contribution in [0.2, 0.25) is 0 Å². The van der Waals surface area contributed by atoms with E-state index in [1.54, 1.807) is 0 Å². The molecular weight excluding hydrogens is 501 g/mol. The highest BCUT2D eigenvalue weighted by Crippen LogP contribution is 2.18. The molecule has 0 saturated heterocycles. The number of hydrogen-bond acceptors (Lipinski definition) is 0. The normalized spacial score (nSPS) is 11.6. The van der Waals surface area contributed by atoms with Crippen molar-refractivity contribution in [3.8, 4) is 0 Å². The maximum atomic E-state index is 2.40. The van der Waals surface area contributed by atoms with Gasteiger partial charge < -0.3 is 28.5 Å². The molecule has 0 spiro atoms. The number of quaternary nitrogens is 1. The minimum absolute atomic E-state index is 0. The van der Waals surface area contributed by atoms with Gasteiger partial charge in [0.1, 0.15) is 0 Å². The van der Waals surface area contributed by atoms with Gasteiger partial charge in [0.2, 0.25) is 0 Å². The van der Waals surface area contributed by atoms with Crippen molar-refractivity contribution in [1.29, 1.82) is 0 Å². The molecule has 0 aliphatic heterocycles. The van der Waals surface area contributed by atoms with Crippen LogP contribution in [0.3, 0.4) is 0 Å². The topological polar surface area (TPSA) is 0 Å². The van der Waals surface area contributed by atoms with E-state index in [0.29, 0.717) is 0 Å². The van der Waals surface area contributed by atoms with E-state index in [4.69, 9.17) is 0 Å². The van der Waals surface area contributed by atoms with Crippen LogP contribution < -0.4 is 24.0 Å². The lowest BCUT2D eigenvalue weighted by molar-refractivity contribution is -0.928. The summed E-state index contributed by atoms with van der Waals surface area (Å²) in [5.41, 5.74) is 0. The molecule has 0 rings (SSSR count). The Hall–Kier alpha value is 0.690. The molecule has 0 fully saturated rings. The van der Waals surface area contributed by atoms with Gasteiger partial charge in [-0.3, -0.25) is 0 Å². The summed E-state index contributed by atoms with van der Waals surface area (Å²) in [5, 5.41) is 0. The zero-order valence-corrected chi connectivity index (χ0v) is 25.4. The fourth-order valence-corrected chi connectivity index (χ4v) is 5.49. The quantitative estimate of drug-likeness (QED) is 0.0580. The van der Waals surface area contributed by atoms with Crippen molar-refractivity contribution in [2.75, 3.05) is 26.2 Å². The van der Waals surface area contributed by atoms with Crippen LogP contribution in [0.25, 0.3) is 0 Å². The van der Waals surface area contributed by atoms with E-state index in [0.717, 1.165) is 0 Å². The van der Waals surface area contributed by atoms with Gasteiger partial charge in [-0.15, -0.1) is 0 Å². The molecule has 0 atom stereocenters. The Bertz CT molecular complexity index is 299. The summed E-state index contributed by atoms with van der Waals surface area (Å²) in [6.07, 6.45) is 31.9. The minimum atomic E-state index is 0. The third kappa shape index (κ3) is 22.5. The van der Waals surface area contributed by atoms with Crippen molar-refractivity contribution in [3.63, 3.8) is 0 Å². The Kier molecular flexibility index (Phi) is 30.4. The number of halogens is 1. The van der Waals surface area contributed by atoms with Gasteiger partial charge in [-0.1, -0.05) is 130 Å². The van der Waals surface area contributed by atoms with Crippen LogP contribution in [0.1, 0.15) is 169 Å². The summed E-state index contributed by atoms with van der Waals surface area (Å²) in [5.74, 6) is 0. The summed E-state index contributed by atoms with van der Waals surface area (Å²) < 4.78 is 1.43. The first-order valence-corrected chi connectivity index (χ1v) is 15.1. The fraction of sp³-hybridized carbons (Fsp3) is 1.00. The van der Waals surface area contributed by atoms with Gasteiger partial charge in [0.05, 0.1) is 26.2 Å². The molecule has 0 aliphatic carbocycles. The zero-order valence-electron chi connectivity index (χ0n) is 23.2. The van der Waals surface area contributed by atoms with Crippen LogP contribution in [0.5, 0.6) is 0 Å². The molecule has 0 amide bonds. The zero-order chi connectivity index (χ0) is 22.9. The summed E-state index contributed by atoms with van der Waals surface area (Å²) in [4.78, 5) is 0. The van der Waals surface area contributed by atoms with E-state index >= 15 is 0 Å². The van der Waals surface area contributed by atoms with Gasteiger partial charge in [-0.25, -0.2) is 0 Å². The smallest absolute Gasteiger partial charge is 0.0786 e. The summed E-state index contributed by atoms with van der Waals surface area (Å²) >= 11 is 0. The van der Waals surface area contributed by atoms with Gasteiger partial charge in [0.25, 0.3) is 0 Å². The molecule has 196 valence electrons. The third-order valence-corrected chi connectivity index (χ3v) is 7.37. The molecule has 0 saturated carbocycles. The SMILES string of the molecule is CCCCCCCCCCCC[N+](CCC)(CCC)CCCCCCCCCCCC.[I-]. The second-order valence-electron chi connectivity index (χ2n) is 10.6. The Labute approximate surface area is 222 Å². The third-order valence-electron chi connectivity index (χ3n) is 7.37. The number of rotatable bonds is 26. The van der Waals surface area contributed by atoms with Gasteiger partial charge in [0, 0.05) is 0 Å². The maximum absolute atomic E-state index is 2.40. The molecule has 2 heteroatoms. The van der Waals surface area contributed by atoms with E-state index in [9.17, 15) is 0 Å². The van der Waals surface area contributed by atoms with Crippen LogP contribution in [-0.2, 0) is 0 Å². The monoisotopic (exact) mass is 565 g/mol. The van der Waals surface area contributed by atoms with Crippen LogP contribution in [0, 0.1) is 0 Å². The highest BCUT2D eigenvalue weighted by Gasteiger charge is 2.24.